The number of urea groups is 1. The standard InChI is InChI=1S/C9H14N2O3/c1-6-4-5-8(14-6)7(2)10-9(12)11-13-3/h4-5,7H,1-3H3,(H2,10,11,12). The number of hydrogen-bond donors (Lipinski definition) is 2. The fraction of sp³-hybridized carbons (Fsp3) is 0.444. The van der Waals surface area contributed by atoms with E-state index in [1.165, 1.54) is 7.11 Å². The Labute approximate surface area is 82.4 Å². The lowest BCUT2D eigenvalue weighted by Gasteiger charge is -2.10. The highest BCUT2D eigenvalue weighted by Crippen LogP contribution is 2.14. The number of amides is 2. The smallest absolute Gasteiger partial charge is 0.339 e. The van der Waals surface area contributed by atoms with Gasteiger partial charge >= 0.3 is 6.03 Å². The van der Waals surface area contributed by atoms with Crippen molar-refractivity contribution in [1.82, 2.24) is 10.8 Å². The molecule has 0 bridgehead atoms. The Morgan fingerprint density at radius 1 is 1.57 bits per heavy atom. The Balaban J connectivity index is 2.50. The third kappa shape index (κ3) is 2.77. The Morgan fingerprint density at radius 3 is 2.79 bits per heavy atom. The summed E-state index contributed by atoms with van der Waals surface area (Å²) in [7, 11) is 1.38. The molecule has 1 aromatic rings. The molecule has 1 heterocycles. The minimum Gasteiger partial charge on any atom is -0.464 e. The maximum absolute atomic E-state index is 11.0. The molecule has 0 aliphatic rings. The first kappa shape index (κ1) is 10.6. The summed E-state index contributed by atoms with van der Waals surface area (Å²) in [5.74, 6) is 1.54. The molecule has 0 fully saturated rings. The summed E-state index contributed by atoms with van der Waals surface area (Å²) < 4.78 is 5.34. The summed E-state index contributed by atoms with van der Waals surface area (Å²) in [4.78, 5) is 15.5. The van der Waals surface area contributed by atoms with E-state index in [0.29, 0.717) is 5.76 Å². The number of carbonyl (C=O) groups is 1. The van der Waals surface area contributed by atoms with Gasteiger partial charge in [-0.15, -0.1) is 0 Å². The molecule has 0 aliphatic heterocycles. The second kappa shape index (κ2) is 4.66. The van der Waals surface area contributed by atoms with E-state index in [0.717, 1.165) is 5.76 Å². The maximum atomic E-state index is 11.0. The highest BCUT2D eigenvalue weighted by molar-refractivity contribution is 5.73. The van der Waals surface area contributed by atoms with Gasteiger partial charge in [-0.1, -0.05) is 0 Å². The highest BCUT2D eigenvalue weighted by atomic mass is 16.6. The van der Waals surface area contributed by atoms with Crippen LogP contribution in [-0.2, 0) is 4.84 Å². The van der Waals surface area contributed by atoms with Gasteiger partial charge in [-0.05, 0) is 26.0 Å². The van der Waals surface area contributed by atoms with Crippen LogP contribution < -0.4 is 10.8 Å². The number of hydroxylamine groups is 1. The largest absolute Gasteiger partial charge is 0.464 e. The second-order valence-electron chi connectivity index (χ2n) is 2.95. The van der Waals surface area contributed by atoms with E-state index < -0.39 is 6.03 Å². The van der Waals surface area contributed by atoms with Crippen LogP contribution >= 0.6 is 0 Å². The average molecular weight is 198 g/mol. The molecule has 1 atom stereocenters. The van der Waals surface area contributed by atoms with Gasteiger partial charge in [0.1, 0.15) is 11.5 Å². The Kier molecular flexibility index (Phi) is 3.53. The third-order valence-electron chi connectivity index (χ3n) is 1.73. The van der Waals surface area contributed by atoms with Crippen molar-refractivity contribution in [3.8, 4) is 0 Å². The molecule has 1 unspecified atom stereocenters. The predicted octanol–water partition coefficient (Wildman–Crippen LogP) is 1.51. The van der Waals surface area contributed by atoms with Crippen molar-refractivity contribution in [2.75, 3.05) is 7.11 Å². The molecular weight excluding hydrogens is 184 g/mol. The molecule has 0 aromatic carbocycles. The molecule has 2 N–H and O–H groups in total. The molecule has 2 amide bonds. The minimum atomic E-state index is -0.394. The molecule has 5 nitrogen and oxygen atoms in total. The maximum Gasteiger partial charge on any atom is 0.339 e. The molecular formula is C9H14N2O3. The van der Waals surface area contributed by atoms with Crippen molar-refractivity contribution in [2.45, 2.75) is 19.9 Å². The molecule has 0 spiro atoms. The molecule has 0 saturated carbocycles. The summed E-state index contributed by atoms with van der Waals surface area (Å²) in [6.45, 7) is 3.68. The van der Waals surface area contributed by atoms with Gasteiger partial charge in [-0.2, -0.15) is 0 Å². The predicted molar refractivity (Wildman–Crippen MR) is 50.5 cm³/mol. The summed E-state index contributed by atoms with van der Waals surface area (Å²) in [5.41, 5.74) is 2.16. The molecule has 1 aromatic heterocycles. The van der Waals surface area contributed by atoms with Crippen LogP contribution in [0.15, 0.2) is 16.5 Å². The van der Waals surface area contributed by atoms with Gasteiger partial charge in [-0.25, -0.2) is 10.3 Å². The first-order valence-electron chi connectivity index (χ1n) is 4.29. The van der Waals surface area contributed by atoms with Crippen molar-refractivity contribution < 1.29 is 14.0 Å². The van der Waals surface area contributed by atoms with E-state index >= 15 is 0 Å². The average Bonchev–Trinajstić information content (AvgIpc) is 2.52. The lowest BCUT2D eigenvalue weighted by atomic mass is 10.2. The summed E-state index contributed by atoms with van der Waals surface area (Å²) in [5, 5.41) is 2.64. The van der Waals surface area contributed by atoms with Gasteiger partial charge in [0.15, 0.2) is 0 Å². The van der Waals surface area contributed by atoms with Crippen LogP contribution in [-0.4, -0.2) is 13.1 Å². The second-order valence-corrected chi connectivity index (χ2v) is 2.95. The lowest BCUT2D eigenvalue weighted by Crippen LogP contribution is -2.36. The number of nitrogens with one attached hydrogen (secondary N) is 2. The highest BCUT2D eigenvalue weighted by Gasteiger charge is 2.11. The van der Waals surface area contributed by atoms with Crippen molar-refractivity contribution in [2.24, 2.45) is 0 Å². The molecule has 0 saturated heterocycles. The van der Waals surface area contributed by atoms with Crippen molar-refractivity contribution in [3.05, 3.63) is 23.7 Å². The molecule has 14 heavy (non-hydrogen) atoms. The van der Waals surface area contributed by atoms with Gasteiger partial charge in [0.2, 0.25) is 0 Å². The van der Waals surface area contributed by atoms with Crippen LogP contribution in [0.5, 0.6) is 0 Å². The van der Waals surface area contributed by atoms with Crippen molar-refractivity contribution in [1.29, 1.82) is 0 Å². The zero-order chi connectivity index (χ0) is 10.6. The van der Waals surface area contributed by atoms with Gasteiger partial charge < -0.3 is 9.73 Å². The first-order valence-corrected chi connectivity index (χ1v) is 4.29. The van der Waals surface area contributed by atoms with E-state index in [2.05, 4.69) is 15.6 Å². The monoisotopic (exact) mass is 198 g/mol. The van der Waals surface area contributed by atoms with Gasteiger partial charge in [0.05, 0.1) is 13.2 Å². The fourth-order valence-electron chi connectivity index (χ4n) is 1.08. The van der Waals surface area contributed by atoms with E-state index in [9.17, 15) is 4.79 Å². The molecule has 1 rings (SSSR count). The number of hydrogen-bond acceptors (Lipinski definition) is 3. The zero-order valence-corrected chi connectivity index (χ0v) is 8.46. The lowest BCUT2D eigenvalue weighted by molar-refractivity contribution is 0.106. The third-order valence-corrected chi connectivity index (χ3v) is 1.73. The molecule has 0 aliphatic carbocycles. The number of rotatable bonds is 3. The Bertz CT molecular complexity index is 309. The van der Waals surface area contributed by atoms with Gasteiger partial charge in [0.25, 0.3) is 0 Å². The van der Waals surface area contributed by atoms with Crippen LogP contribution in [0.25, 0.3) is 0 Å². The van der Waals surface area contributed by atoms with Gasteiger partial charge in [0, 0.05) is 0 Å². The number of aryl methyl sites for hydroxylation is 1. The topological polar surface area (TPSA) is 63.5 Å². The van der Waals surface area contributed by atoms with Crippen LogP contribution in [0.4, 0.5) is 4.79 Å². The van der Waals surface area contributed by atoms with Crippen LogP contribution in [0, 0.1) is 6.92 Å². The molecule has 0 radical (unpaired) electrons. The van der Waals surface area contributed by atoms with Crippen LogP contribution in [0.3, 0.4) is 0 Å². The van der Waals surface area contributed by atoms with Crippen LogP contribution in [0.1, 0.15) is 24.5 Å². The van der Waals surface area contributed by atoms with Crippen molar-refractivity contribution in [3.63, 3.8) is 0 Å². The van der Waals surface area contributed by atoms with Crippen LogP contribution in [0.2, 0.25) is 0 Å². The normalized spacial score (nSPS) is 12.2. The Morgan fingerprint density at radius 2 is 2.29 bits per heavy atom. The molecule has 78 valence electrons. The summed E-state index contributed by atoms with van der Waals surface area (Å²) in [6, 6.07) is 3.10. The fourth-order valence-corrected chi connectivity index (χ4v) is 1.08. The summed E-state index contributed by atoms with van der Waals surface area (Å²) in [6.07, 6.45) is 0. The molecule has 5 heteroatoms. The summed E-state index contributed by atoms with van der Waals surface area (Å²) >= 11 is 0. The Hall–Kier alpha value is -1.49. The van der Waals surface area contributed by atoms with E-state index in [4.69, 9.17) is 4.42 Å². The van der Waals surface area contributed by atoms with E-state index in [-0.39, 0.29) is 6.04 Å². The van der Waals surface area contributed by atoms with E-state index in [1.54, 1.807) is 0 Å². The SMILES string of the molecule is CONC(=O)NC(C)c1ccc(C)o1. The van der Waals surface area contributed by atoms with E-state index in [1.807, 2.05) is 26.0 Å². The number of furan rings is 1. The van der Waals surface area contributed by atoms with Crippen molar-refractivity contribution >= 4 is 6.03 Å². The minimum absolute atomic E-state index is 0.182. The zero-order valence-electron chi connectivity index (χ0n) is 8.46. The first-order chi connectivity index (χ1) is 6.63. The van der Waals surface area contributed by atoms with Gasteiger partial charge in [-0.3, -0.25) is 4.84 Å². The quantitative estimate of drug-likeness (QED) is 0.723. The number of carbonyl (C=O) groups excluding carboxylic acids is 1.